The van der Waals surface area contributed by atoms with Crippen molar-refractivity contribution in [3.63, 3.8) is 0 Å². The van der Waals surface area contributed by atoms with Crippen LogP contribution in [0, 0.1) is 6.57 Å². The van der Waals surface area contributed by atoms with E-state index in [0.717, 1.165) is 70.2 Å². The van der Waals surface area contributed by atoms with E-state index in [-0.39, 0.29) is 189 Å². The Balaban J connectivity index is 0.000000243. The highest BCUT2D eigenvalue weighted by Gasteiger charge is 2.54. The molecule has 9 amide bonds. The third kappa shape index (κ3) is 27.5. The molecular weight excluding hydrogens is 1890 g/mol. The zero-order chi connectivity index (χ0) is 104. The molecule has 145 heavy (non-hydrogen) atoms. The Morgan fingerprint density at radius 2 is 0.821 bits per heavy atom. The Bertz CT molecular complexity index is 5630. The van der Waals surface area contributed by atoms with Crippen molar-refractivity contribution in [3.8, 4) is 23.0 Å². The minimum atomic E-state index is -1.59. The number of fused-ring (bicyclic) bond motifs is 2. The van der Waals surface area contributed by atoms with E-state index >= 15 is 0 Å². The van der Waals surface area contributed by atoms with E-state index in [0.29, 0.717) is 84.2 Å². The number of urea groups is 2. The number of unbranched alkanes of at least 4 members (excludes halogenated alkanes) is 2. The number of amides is 9. The third-order valence-electron chi connectivity index (χ3n) is 28.1. The number of imide groups is 2. The van der Waals surface area contributed by atoms with Gasteiger partial charge in [0, 0.05) is 110 Å². The van der Waals surface area contributed by atoms with E-state index in [2.05, 4.69) is 94.7 Å². The van der Waals surface area contributed by atoms with Crippen molar-refractivity contribution in [1.29, 1.82) is 0 Å². The number of ether oxygens (including phenoxy) is 7. The average molecular weight is 2040 g/mol. The van der Waals surface area contributed by atoms with Crippen LogP contribution in [-0.2, 0) is 74.1 Å². The van der Waals surface area contributed by atoms with Crippen LogP contribution < -0.4 is 34.9 Å². The lowest BCUT2D eigenvalue weighted by Gasteiger charge is -2.38. The molecule has 0 saturated carbocycles. The molecule has 0 bridgehead atoms. The first-order chi connectivity index (χ1) is 69.6. The Hall–Kier alpha value is -11.5. The maximum absolute atomic E-state index is 14.6. The number of ketones is 2. The molecule has 8 aromatic carbocycles. The predicted molar refractivity (Wildman–Crippen MR) is 564 cm³/mol. The number of likely N-dealkylation sites (tertiary alicyclic amines) is 2. The van der Waals surface area contributed by atoms with Gasteiger partial charge in [0.2, 0.25) is 24.3 Å². The number of Topliss-reactive ketones (excluding diaryl/α,β-unsaturated/α-hetero) is 2. The number of hydrogen-bond acceptors (Lipinski definition) is 22. The molecule has 8 aromatic rings. The molecule has 0 radical (unpaired) electrons. The quantitative estimate of drug-likeness (QED) is 0.00797. The fraction of sp³-hybridized carbons (Fsp3) is 0.482. The fourth-order valence-corrected chi connectivity index (χ4v) is 25.1. The van der Waals surface area contributed by atoms with Gasteiger partial charge in [-0.3, -0.25) is 48.2 Å². The Morgan fingerprint density at radius 1 is 0.462 bits per heavy atom. The van der Waals surface area contributed by atoms with Gasteiger partial charge < -0.3 is 72.8 Å². The van der Waals surface area contributed by atoms with Crippen LogP contribution in [0.4, 0.5) is 9.59 Å². The summed E-state index contributed by atoms with van der Waals surface area (Å²) in [5.74, 6) is 2.26. The summed E-state index contributed by atoms with van der Waals surface area (Å²) < 4.78 is 58.0. The SMILES string of the molecule is CNC(=O)CCC(=O)O[C@@H]1C[C@@H](COC(c2ccccc2)(c2ccc(OC)cc2)c2ccc(OC)cc2)N(C(=O)CCC(=O)CCCC[C@@H]2SC[C@H]3[C@@H]2NC(=O)N3C(=O)c2ccc(C(C)(C)C)cc2)C1.[C-]#[N+]CCOP(O[C@@H]1C[C@@H](COC(c2ccccc2)(c2ccc(OC)cc2)c2ccc(OC)cc2)N(C(=O)CCC(=O)CCCC[C@@H]2SC[C@H]3[C@@H]2NC(=O)N3C(=O)c2ccc(C(C)(C)C)cc2)C1)N(C(C)C)C(C)C. The molecule has 0 aliphatic carbocycles. The second-order valence-electron chi connectivity index (χ2n) is 40.4. The highest BCUT2D eigenvalue weighted by molar-refractivity contribution is 8.00. The molecule has 1 unspecified atom stereocenters. The van der Waals surface area contributed by atoms with Gasteiger partial charge in [0.25, 0.3) is 20.3 Å². The number of esters is 1. The normalized spacial score (nSPS) is 20.0. The Labute approximate surface area is 864 Å². The summed E-state index contributed by atoms with van der Waals surface area (Å²) in [4.78, 5) is 144. The van der Waals surface area contributed by atoms with E-state index in [1.54, 1.807) is 69.0 Å². The third-order valence-corrected chi connectivity index (χ3v) is 33.2. The lowest BCUT2D eigenvalue weighted by molar-refractivity contribution is -0.150. The van der Waals surface area contributed by atoms with Gasteiger partial charge in [0.1, 0.15) is 58.5 Å². The van der Waals surface area contributed by atoms with Crippen LogP contribution in [0.5, 0.6) is 23.0 Å². The molecule has 6 saturated heterocycles. The van der Waals surface area contributed by atoms with Crippen LogP contribution in [0.1, 0.15) is 237 Å². The van der Waals surface area contributed by atoms with E-state index in [1.807, 2.05) is 199 Å². The van der Waals surface area contributed by atoms with Gasteiger partial charge in [0.05, 0.1) is 97.0 Å². The van der Waals surface area contributed by atoms with Gasteiger partial charge in [-0.1, -0.05) is 188 Å². The minimum Gasteiger partial charge on any atom is -0.497 e. The first-order valence-corrected chi connectivity index (χ1v) is 53.8. The number of hydrogen-bond donors (Lipinski definition) is 3. The highest BCUT2D eigenvalue weighted by Crippen LogP contribution is 2.51. The van der Waals surface area contributed by atoms with Gasteiger partial charge in [-0.15, -0.1) is 0 Å². The van der Waals surface area contributed by atoms with Crippen LogP contribution in [0.3, 0.4) is 0 Å². The molecule has 6 fully saturated rings. The van der Waals surface area contributed by atoms with E-state index in [9.17, 15) is 47.9 Å². The summed E-state index contributed by atoms with van der Waals surface area (Å²) in [7, 11) is 6.40. The summed E-state index contributed by atoms with van der Waals surface area (Å²) >= 11 is 3.51. The molecule has 0 spiro atoms. The maximum Gasteiger partial charge on any atom is 0.325 e. The smallest absolute Gasteiger partial charge is 0.325 e. The number of carbonyl (C=O) groups is 10. The zero-order valence-corrected chi connectivity index (χ0v) is 88.8. The van der Waals surface area contributed by atoms with Gasteiger partial charge >= 0.3 is 18.0 Å². The molecule has 14 rings (SSSR count). The molecule has 6 aliphatic heterocycles. The molecule has 6 heterocycles. The molecule has 0 aromatic heterocycles. The van der Waals surface area contributed by atoms with Gasteiger partial charge in [-0.05, 0) is 188 Å². The van der Waals surface area contributed by atoms with Crippen molar-refractivity contribution in [2.75, 3.05) is 86.4 Å². The predicted octanol–water partition coefficient (Wildman–Crippen LogP) is 19.2. The second-order valence-corrected chi connectivity index (χ2v) is 44.4. The molecule has 6 aliphatic rings. The van der Waals surface area contributed by atoms with Crippen molar-refractivity contribution in [2.24, 2.45) is 0 Å². The van der Waals surface area contributed by atoms with Crippen molar-refractivity contribution in [3.05, 3.63) is 273 Å². The van der Waals surface area contributed by atoms with Crippen molar-refractivity contribution in [2.45, 2.75) is 265 Å². The summed E-state index contributed by atoms with van der Waals surface area (Å²) in [6.45, 7) is 29.5. The number of thioether (sulfide) groups is 2. The number of nitrogens with one attached hydrogen (secondary N) is 3. The fourth-order valence-electron chi connectivity index (χ4n) is 20.2. The molecule has 31 heteroatoms. The average Bonchev–Trinajstić information content (AvgIpc) is 1.25. The van der Waals surface area contributed by atoms with Crippen molar-refractivity contribution in [1.82, 2.24) is 40.2 Å². The monoisotopic (exact) mass is 2040 g/mol. The first-order valence-electron chi connectivity index (χ1n) is 50.6. The summed E-state index contributed by atoms with van der Waals surface area (Å²) in [6, 6.07) is 63.6. The van der Waals surface area contributed by atoms with E-state index in [1.165, 1.54) is 16.8 Å². The minimum absolute atomic E-state index is 0.0202. The zero-order valence-electron chi connectivity index (χ0n) is 86.2. The Kier molecular flexibility index (Phi) is 39.1. The number of nitrogens with zero attached hydrogens (tertiary/aromatic N) is 6. The van der Waals surface area contributed by atoms with Gasteiger partial charge in [-0.25, -0.2) is 20.8 Å². The standard InChI is InChI=1S/C59H76N5O9PS.C55H66N4O10S/c1-40(2)64(41(3)4)74(72-35-34-60-8)73-51-36-47(38-71-59(44-16-12-11-13-17-44,45-24-29-49(69-9)30-25-45)46-26-31-50(70-10)32-27-46)62(37-51)54(66)33-28-48(65)18-14-15-19-53-55-52(39-75-53)63(57(68)61-55)56(67)42-20-22-43(23-21-42)58(5,6)7;1-54(2,3)37-18-16-36(17-19-37)52(64)59-46-35-70-47(51(46)57-53(59)65)15-11-10-14-42(60)24-30-49(62)58-33-45(69-50(63)31-29-48(61)56-4)32-41(58)34-68-55(38-12-8-7-9-13-38,39-20-25-43(66-5)26-21-39)40-22-27-44(67-6)28-23-40/h11-13,16-17,20-27,29-32,40-41,47,51-53,55H,14-15,18-19,28,33-39H2,1-7,9-10H3,(H,61,68);7-9,12-13,16-23,25-28,41,45-47,51H,10-11,14-15,24,29-35H2,1-6H3,(H,56,61)(H,57,65)/t47-,51+,52-,53-,55-,74?;41-,45+,46-,47-,51-/m00/s1. The van der Waals surface area contributed by atoms with Gasteiger partial charge in [0.15, 0.2) is 0 Å². The lowest BCUT2D eigenvalue weighted by atomic mass is 9.80. The first kappa shape index (κ1) is 111. The van der Waals surface area contributed by atoms with E-state index in [4.69, 9.17) is 48.8 Å². The van der Waals surface area contributed by atoms with Crippen LogP contribution in [-0.4, -0.2) is 241 Å². The largest absolute Gasteiger partial charge is 0.497 e. The molecule has 28 nitrogen and oxygen atoms in total. The second kappa shape index (κ2) is 51.2. The van der Waals surface area contributed by atoms with Crippen LogP contribution >= 0.6 is 32.0 Å². The van der Waals surface area contributed by atoms with Gasteiger partial charge in [-0.2, -0.15) is 23.5 Å². The van der Waals surface area contributed by atoms with Crippen LogP contribution in [0.15, 0.2) is 206 Å². The molecule has 774 valence electrons. The molecule has 11 atom stereocenters. The maximum atomic E-state index is 14.6. The number of benzene rings is 8. The molecule has 3 N–H and O–H groups in total. The number of rotatable bonds is 46. The highest BCUT2D eigenvalue weighted by atomic mass is 32.2. The summed E-state index contributed by atoms with van der Waals surface area (Å²) in [5.41, 5.74) is 5.93. The number of carbonyl (C=O) groups excluding carboxylic acids is 10. The Morgan fingerprint density at radius 3 is 1.17 bits per heavy atom. The number of methoxy groups -OCH3 is 4. The van der Waals surface area contributed by atoms with Crippen molar-refractivity contribution < 1.29 is 90.2 Å². The topological polar surface area (TPSA) is 310 Å². The summed E-state index contributed by atoms with van der Waals surface area (Å²) in [5, 5.41) is 8.92. The van der Waals surface area contributed by atoms with Crippen molar-refractivity contribution >= 4 is 91.2 Å². The lowest BCUT2D eigenvalue weighted by Crippen LogP contribution is -2.42. The van der Waals surface area contributed by atoms with Crippen LogP contribution in [0.2, 0.25) is 0 Å². The van der Waals surface area contributed by atoms with Crippen LogP contribution in [0.25, 0.3) is 4.85 Å². The van der Waals surface area contributed by atoms with E-state index < -0.39 is 50.0 Å². The molecular formula is C114H142N9O19PS2. The summed E-state index contributed by atoms with van der Waals surface area (Å²) in [6.07, 6.45) is 4.78.